The van der Waals surface area contributed by atoms with Crippen molar-refractivity contribution in [2.24, 2.45) is 0 Å². The summed E-state index contributed by atoms with van der Waals surface area (Å²) in [5.74, 6) is 0.0640. The fourth-order valence-corrected chi connectivity index (χ4v) is 4.96. The number of benzene rings is 1. The number of methoxy groups -OCH3 is 1. The monoisotopic (exact) mass is 531 g/mol. The Morgan fingerprint density at radius 2 is 1.82 bits per heavy atom. The highest BCUT2D eigenvalue weighted by Crippen LogP contribution is 2.25. The van der Waals surface area contributed by atoms with Gasteiger partial charge in [0.2, 0.25) is 11.8 Å². The zero-order valence-electron chi connectivity index (χ0n) is 20.5. The molecule has 7 heteroatoms. The predicted molar refractivity (Wildman–Crippen MR) is 138 cm³/mol. The van der Waals surface area contributed by atoms with Crippen LogP contribution in [0.25, 0.3) is 0 Å². The quantitative estimate of drug-likeness (QED) is 0.352. The van der Waals surface area contributed by atoms with Crippen molar-refractivity contribution >= 4 is 27.7 Å². The first kappa shape index (κ1) is 26.5. The van der Waals surface area contributed by atoms with E-state index >= 15 is 0 Å². The molecule has 1 aliphatic carbocycles. The summed E-state index contributed by atoms with van der Waals surface area (Å²) in [5, 5.41) is 0. The first-order chi connectivity index (χ1) is 16.5. The molecule has 1 aromatic heterocycles. The topological polar surface area (TPSA) is 54.8 Å². The number of carbonyl (C=O) groups is 2. The molecular weight excluding hydrogens is 494 g/mol. The molecule has 186 valence electrons. The van der Waals surface area contributed by atoms with Crippen LogP contribution in [0.5, 0.6) is 0 Å². The highest BCUT2D eigenvalue weighted by Gasteiger charge is 2.28. The molecule has 0 radical (unpaired) electrons. The normalized spacial score (nSPS) is 14.2. The maximum absolute atomic E-state index is 13.6. The molecule has 6 nitrogen and oxygen atoms in total. The Balaban J connectivity index is 1.76. The number of amides is 2. The van der Waals surface area contributed by atoms with E-state index in [1.165, 1.54) is 12.0 Å². The predicted octanol–water partition coefficient (Wildman–Crippen LogP) is 5.24. The van der Waals surface area contributed by atoms with Gasteiger partial charge in [-0.15, -0.1) is 0 Å². The average Bonchev–Trinajstić information content (AvgIpc) is 3.29. The molecule has 1 heterocycles. The zero-order chi connectivity index (χ0) is 24.3. The smallest absolute Gasteiger partial charge is 0.242 e. The van der Waals surface area contributed by atoms with Gasteiger partial charge < -0.3 is 19.1 Å². The van der Waals surface area contributed by atoms with Crippen LogP contribution < -0.4 is 0 Å². The Hall–Kier alpha value is -2.12. The lowest BCUT2D eigenvalue weighted by Gasteiger charge is -2.36. The number of hydrogen-bond donors (Lipinski definition) is 0. The largest absolute Gasteiger partial charge is 0.385 e. The first-order valence-corrected chi connectivity index (χ1v) is 13.3. The minimum absolute atomic E-state index is 0.0201. The maximum atomic E-state index is 13.6. The molecular formula is C27H38BrN3O3. The van der Waals surface area contributed by atoms with Crippen LogP contribution in [0, 0.1) is 0 Å². The standard InChI is InChI=1S/C27H38BrN3O3/c1-3-26(32)30(17-8-18-34-2)21-27(33)31(24-9-5-4-6-10-24)20-25-11-7-16-29(25)19-22-12-14-23(28)15-13-22/h7,11-16,24H,3-6,8-10,17-21H2,1-2H3. The number of halogens is 1. The SMILES string of the molecule is CCC(=O)N(CCCOC)CC(=O)N(Cc1cccn1Cc1ccc(Br)cc1)C1CCCCC1. The van der Waals surface area contributed by atoms with Gasteiger partial charge in [0.25, 0.3) is 0 Å². The van der Waals surface area contributed by atoms with Crippen molar-refractivity contribution in [3.05, 3.63) is 58.3 Å². The van der Waals surface area contributed by atoms with Gasteiger partial charge in [-0.25, -0.2) is 0 Å². The van der Waals surface area contributed by atoms with Gasteiger partial charge in [0.15, 0.2) is 0 Å². The molecule has 34 heavy (non-hydrogen) atoms. The Morgan fingerprint density at radius 1 is 1.09 bits per heavy atom. The lowest BCUT2D eigenvalue weighted by atomic mass is 9.94. The van der Waals surface area contributed by atoms with Crippen molar-refractivity contribution in [1.29, 1.82) is 0 Å². The van der Waals surface area contributed by atoms with Crippen LogP contribution in [-0.2, 0) is 27.4 Å². The van der Waals surface area contributed by atoms with Crippen LogP contribution in [0.3, 0.4) is 0 Å². The summed E-state index contributed by atoms with van der Waals surface area (Å²) in [4.78, 5) is 29.9. The molecule has 0 spiro atoms. The molecule has 0 N–H and O–H groups in total. The summed E-state index contributed by atoms with van der Waals surface area (Å²) in [6, 6.07) is 12.7. The van der Waals surface area contributed by atoms with E-state index in [-0.39, 0.29) is 24.4 Å². The Labute approximate surface area is 212 Å². The van der Waals surface area contributed by atoms with E-state index in [0.29, 0.717) is 26.1 Å². The average molecular weight is 533 g/mol. The van der Waals surface area contributed by atoms with E-state index in [0.717, 1.165) is 48.8 Å². The number of nitrogens with zero attached hydrogens (tertiary/aromatic N) is 3. The number of hydrogen-bond acceptors (Lipinski definition) is 3. The second-order valence-electron chi connectivity index (χ2n) is 9.08. The molecule has 0 aliphatic heterocycles. The van der Waals surface area contributed by atoms with Crippen LogP contribution in [0.2, 0.25) is 0 Å². The zero-order valence-corrected chi connectivity index (χ0v) is 22.1. The second kappa shape index (κ2) is 13.7. The van der Waals surface area contributed by atoms with Gasteiger partial charge in [-0.3, -0.25) is 9.59 Å². The van der Waals surface area contributed by atoms with Crippen molar-refractivity contribution in [3.63, 3.8) is 0 Å². The molecule has 1 saturated carbocycles. The first-order valence-electron chi connectivity index (χ1n) is 12.5. The van der Waals surface area contributed by atoms with Crippen molar-refractivity contribution in [2.75, 3.05) is 26.8 Å². The van der Waals surface area contributed by atoms with Crippen LogP contribution in [0.15, 0.2) is 47.1 Å². The maximum Gasteiger partial charge on any atom is 0.242 e. The molecule has 1 fully saturated rings. The van der Waals surface area contributed by atoms with E-state index in [2.05, 4.69) is 63.1 Å². The van der Waals surface area contributed by atoms with Gasteiger partial charge in [0.1, 0.15) is 0 Å². The summed E-state index contributed by atoms with van der Waals surface area (Å²) in [7, 11) is 1.66. The number of aromatic nitrogens is 1. The third-order valence-electron chi connectivity index (χ3n) is 6.62. The van der Waals surface area contributed by atoms with Crippen LogP contribution >= 0.6 is 15.9 Å². The molecule has 1 aromatic carbocycles. The van der Waals surface area contributed by atoms with Crippen molar-refractivity contribution < 1.29 is 14.3 Å². The summed E-state index contributed by atoms with van der Waals surface area (Å²) in [6.07, 6.45) is 8.82. The molecule has 2 amide bonds. The highest BCUT2D eigenvalue weighted by atomic mass is 79.9. The summed E-state index contributed by atoms with van der Waals surface area (Å²) in [5.41, 5.74) is 2.34. The third-order valence-corrected chi connectivity index (χ3v) is 7.14. The Kier molecular flexibility index (Phi) is 10.7. The van der Waals surface area contributed by atoms with Gasteiger partial charge in [0.05, 0.1) is 13.1 Å². The number of ether oxygens (including phenoxy) is 1. The molecule has 0 bridgehead atoms. The molecule has 2 aromatic rings. The van der Waals surface area contributed by atoms with Crippen LogP contribution in [-0.4, -0.2) is 59.0 Å². The Morgan fingerprint density at radius 3 is 2.50 bits per heavy atom. The molecule has 3 rings (SSSR count). The van der Waals surface area contributed by atoms with E-state index in [1.54, 1.807) is 12.0 Å². The van der Waals surface area contributed by atoms with E-state index in [9.17, 15) is 9.59 Å². The van der Waals surface area contributed by atoms with Gasteiger partial charge in [-0.05, 0) is 49.1 Å². The van der Waals surface area contributed by atoms with E-state index in [1.807, 2.05) is 11.8 Å². The van der Waals surface area contributed by atoms with Gasteiger partial charge in [-0.1, -0.05) is 54.2 Å². The van der Waals surface area contributed by atoms with Gasteiger partial charge >= 0.3 is 0 Å². The molecule has 0 atom stereocenters. The lowest BCUT2D eigenvalue weighted by molar-refractivity contribution is -0.143. The fraction of sp³-hybridized carbons (Fsp3) is 0.556. The highest BCUT2D eigenvalue weighted by molar-refractivity contribution is 9.10. The van der Waals surface area contributed by atoms with Gasteiger partial charge in [-0.2, -0.15) is 0 Å². The lowest BCUT2D eigenvalue weighted by Crippen LogP contribution is -2.47. The third kappa shape index (κ3) is 7.70. The summed E-state index contributed by atoms with van der Waals surface area (Å²) < 4.78 is 8.44. The van der Waals surface area contributed by atoms with Crippen molar-refractivity contribution in [2.45, 2.75) is 71.0 Å². The Bertz CT molecular complexity index is 906. The van der Waals surface area contributed by atoms with Crippen LogP contribution in [0.1, 0.15) is 63.1 Å². The molecule has 1 aliphatic rings. The minimum Gasteiger partial charge on any atom is -0.385 e. The second-order valence-corrected chi connectivity index (χ2v) is 10.00. The van der Waals surface area contributed by atoms with Crippen molar-refractivity contribution in [1.82, 2.24) is 14.4 Å². The van der Waals surface area contributed by atoms with Crippen molar-refractivity contribution in [3.8, 4) is 0 Å². The number of carbonyl (C=O) groups excluding carboxylic acids is 2. The summed E-state index contributed by atoms with van der Waals surface area (Å²) >= 11 is 3.50. The van der Waals surface area contributed by atoms with E-state index < -0.39 is 0 Å². The van der Waals surface area contributed by atoms with Crippen LogP contribution in [0.4, 0.5) is 0 Å². The molecule has 0 saturated heterocycles. The molecule has 0 unspecified atom stereocenters. The summed E-state index contributed by atoms with van der Waals surface area (Å²) in [6.45, 7) is 4.45. The number of rotatable bonds is 12. The van der Waals surface area contributed by atoms with Gasteiger partial charge in [0, 0.05) is 55.6 Å². The minimum atomic E-state index is 0.0201. The van der Waals surface area contributed by atoms with E-state index in [4.69, 9.17) is 4.74 Å². The fourth-order valence-electron chi connectivity index (χ4n) is 4.69.